The van der Waals surface area contributed by atoms with Gasteiger partial charge in [-0.3, -0.25) is 14.6 Å². The maximum absolute atomic E-state index is 15.3. The second kappa shape index (κ2) is 10.6. The number of aliphatic imine (C=N–C) groups is 1. The number of ketones is 1. The highest BCUT2D eigenvalue weighted by atomic mass is 19.1. The van der Waals surface area contributed by atoms with E-state index in [2.05, 4.69) is 21.5 Å². The van der Waals surface area contributed by atoms with Crippen molar-refractivity contribution in [3.8, 4) is 0 Å². The molecule has 1 unspecified atom stereocenters. The average Bonchev–Trinajstić information content (AvgIpc) is 3.34. The van der Waals surface area contributed by atoms with E-state index in [1.54, 1.807) is 4.90 Å². The van der Waals surface area contributed by atoms with Gasteiger partial charge < -0.3 is 10.6 Å². The number of halogens is 2. The molecule has 2 heterocycles. The standard InChI is InChI=1S/C27H25F2N5O2/c1-3-23(35)34-11-10-16(14-34)12-22-24(27(30)33-15-32-22)25(31-2)20-9-6-18(13-21(20)29)26(36)17-4-7-19(28)8-5-17/h3-9,13,15-16H,1,10-12,14H2,2H3,(H2,30,32,33). The molecule has 184 valence electrons. The van der Waals surface area contributed by atoms with Gasteiger partial charge in [0.25, 0.3) is 0 Å². The maximum atomic E-state index is 15.3. The predicted octanol–water partition coefficient (Wildman–Crippen LogP) is 3.61. The fourth-order valence-corrected chi connectivity index (χ4v) is 4.44. The first kappa shape index (κ1) is 24.8. The summed E-state index contributed by atoms with van der Waals surface area (Å²) in [6.45, 7) is 4.72. The summed E-state index contributed by atoms with van der Waals surface area (Å²) in [5.74, 6) is -1.38. The van der Waals surface area contributed by atoms with Gasteiger partial charge in [-0.1, -0.05) is 12.6 Å². The van der Waals surface area contributed by atoms with E-state index in [1.165, 1.54) is 55.8 Å². The second-order valence-corrected chi connectivity index (χ2v) is 8.53. The summed E-state index contributed by atoms with van der Waals surface area (Å²) in [5, 5.41) is 0. The molecule has 36 heavy (non-hydrogen) atoms. The summed E-state index contributed by atoms with van der Waals surface area (Å²) in [5.41, 5.74) is 8.00. The average molecular weight is 490 g/mol. The van der Waals surface area contributed by atoms with Crippen LogP contribution in [0.5, 0.6) is 0 Å². The molecule has 1 saturated heterocycles. The number of nitrogens with zero attached hydrogens (tertiary/aromatic N) is 4. The number of carbonyl (C=O) groups excluding carboxylic acids is 2. The second-order valence-electron chi connectivity index (χ2n) is 8.53. The quantitative estimate of drug-likeness (QED) is 0.310. The van der Waals surface area contributed by atoms with Crippen molar-refractivity contribution < 1.29 is 18.4 Å². The number of aromatic nitrogens is 2. The highest BCUT2D eigenvalue weighted by Crippen LogP contribution is 2.27. The number of anilines is 1. The van der Waals surface area contributed by atoms with Crippen LogP contribution in [0.1, 0.15) is 39.2 Å². The zero-order valence-electron chi connectivity index (χ0n) is 19.7. The van der Waals surface area contributed by atoms with Gasteiger partial charge in [-0.05, 0) is 61.2 Å². The van der Waals surface area contributed by atoms with Crippen molar-refractivity contribution in [2.45, 2.75) is 12.8 Å². The molecule has 1 aliphatic rings. The van der Waals surface area contributed by atoms with Gasteiger partial charge in [-0.25, -0.2) is 18.7 Å². The van der Waals surface area contributed by atoms with Crippen LogP contribution in [0.2, 0.25) is 0 Å². The largest absolute Gasteiger partial charge is 0.383 e. The molecule has 4 rings (SSSR count). The third-order valence-corrected chi connectivity index (χ3v) is 6.26. The molecule has 1 atom stereocenters. The number of hydrogen-bond donors (Lipinski definition) is 1. The first-order valence-corrected chi connectivity index (χ1v) is 11.4. The Morgan fingerprint density at radius 1 is 1.17 bits per heavy atom. The van der Waals surface area contributed by atoms with Gasteiger partial charge in [0.2, 0.25) is 5.91 Å². The zero-order valence-corrected chi connectivity index (χ0v) is 19.7. The van der Waals surface area contributed by atoms with Crippen LogP contribution in [0, 0.1) is 17.6 Å². The van der Waals surface area contributed by atoms with Crippen molar-refractivity contribution in [3.63, 3.8) is 0 Å². The summed E-state index contributed by atoms with van der Waals surface area (Å²) in [4.78, 5) is 39.2. The van der Waals surface area contributed by atoms with Crippen molar-refractivity contribution in [3.05, 3.63) is 101 Å². The van der Waals surface area contributed by atoms with Crippen LogP contribution in [-0.4, -0.2) is 52.4 Å². The van der Waals surface area contributed by atoms with Crippen LogP contribution < -0.4 is 5.73 Å². The number of hydrogen-bond acceptors (Lipinski definition) is 6. The molecule has 0 radical (unpaired) electrons. The minimum atomic E-state index is -0.665. The van der Waals surface area contributed by atoms with E-state index in [0.717, 1.165) is 12.5 Å². The Hall–Kier alpha value is -4.27. The van der Waals surface area contributed by atoms with E-state index < -0.39 is 17.4 Å². The minimum Gasteiger partial charge on any atom is -0.383 e. The Bertz CT molecular complexity index is 1350. The predicted molar refractivity (Wildman–Crippen MR) is 133 cm³/mol. The number of nitrogen functional groups attached to an aromatic ring is 1. The molecular formula is C27H25F2N5O2. The van der Waals surface area contributed by atoms with Crippen LogP contribution in [0.3, 0.4) is 0 Å². The van der Waals surface area contributed by atoms with Gasteiger partial charge in [0.1, 0.15) is 23.8 Å². The van der Waals surface area contributed by atoms with Gasteiger partial charge in [0, 0.05) is 36.8 Å². The van der Waals surface area contributed by atoms with Crippen LogP contribution in [0.25, 0.3) is 0 Å². The van der Waals surface area contributed by atoms with Crippen molar-refractivity contribution in [1.29, 1.82) is 0 Å². The fourth-order valence-electron chi connectivity index (χ4n) is 4.44. The highest BCUT2D eigenvalue weighted by molar-refractivity contribution is 6.16. The van der Waals surface area contributed by atoms with Gasteiger partial charge in [0.15, 0.2) is 5.78 Å². The highest BCUT2D eigenvalue weighted by Gasteiger charge is 2.28. The lowest BCUT2D eigenvalue weighted by molar-refractivity contribution is -0.125. The lowest BCUT2D eigenvalue weighted by Crippen LogP contribution is -2.27. The van der Waals surface area contributed by atoms with E-state index in [9.17, 15) is 14.0 Å². The Balaban J connectivity index is 1.63. The number of nitrogens with two attached hydrogens (primary N) is 1. The van der Waals surface area contributed by atoms with E-state index >= 15 is 4.39 Å². The SMILES string of the molecule is C=CC(=O)N1CCC(Cc2ncnc(N)c2C(=NC)c2ccc(C(=O)c3ccc(F)cc3)cc2F)C1. The normalized spacial score (nSPS) is 15.7. The maximum Gasteiger partial charge on any atom is 0.245 e. The van der Waals surface area contributed by atoms with E-state index in [0.29, 0.717) is 30.8 Å². The summed E-state index contributed by atoms with van der Waals surface area (Å²) < 4.78 is 28.5. The van der Waals surface area contributed by atoms with E-state index in [-0.39, 0.29) is 40.0 Å². The Kier molecular flexibility index (Phi) is 7.28. The van der Waals surface area contributed by atoms with Gasteiger partial charge in [-0.15, -0.1) is 0 Å². The van der Waals surface area contributed by atoms with Crippen molar-refractivity contribution in [2.75, 3.05) is 25.9 Å². The van der Waals surface area contributed by atoms with Crippen molar-refractivity contribution in [1.82, 2.24) is 14.9 Å². The van der Waals surface area contributed by atoms with Crippen LogP contribution in [0.15, 0.2) is 66.4 Å². The molecule has 0 spiro atoms. The molecule has 2 aromatic carbocycles. The number of likely N-dealkylation sites (tertiary alicyclic amines) is 1. The molecule has 1 amide bonds. The van der Waals surface area contributed by atoms with Crippen LogP contribution >= 0.6 is 0 Å². The zero-order chi connectivity index (χ0) is 25.8. The number of amides is 1. The molecule has 1 fully saturated rings. The summed E-state index contributed by atoms with van der Waals surface area (Å²) in [6, 6.07) is 9.14. The monoisotopic (exact) mass is 489 g/mol. The third-order valence-electron chi connectivity index (χ3n) is 6.26. The first-order valence-electron chi connectivity index (χ1n) is 11.4. The summed E-state index contributed by atoms with van der Waals surface area (Å²) >= 11 is 0. The lowest BCUT2D eigenvalue weighted by Gasteiger charge is -2.17. The molecular weight excluding hydrogens is 464 g/mol. The Morgan fingerprint density at radius 2 is 1.89 bits per heavy atom. The van der Waals surface area contributed by atoms with Crippen LogP contribution in [-0.2, 0) is 11.2 Å². The smallest absolute Gasteiger partial charge is 0.245 e. The Morgan fingerprint density at radius 3 is 2.56 bits per heavy atom. The molecule has 2 N–H and O–H groups in total. The molecule has 1 aromatic heterocycles. The molecule has 9 heteroatoms. The molecule has 0 aliphatic carbocycles. The summed E-state index contributed by atoms with van der Waals surface area (Å²) in [6.07, 6.45) is 3.94. The summed E-state index contributed by atoms with van der Waals surface area (Å²) in [7, 11) is 1.52. The fraction of sp³-hybridized carbons (Fsp3) is 0.222. The molecule has 3 aromatic rings. The van der Waals surface area contributed by atoms with Gasteiger partial charge in [-0.2, -0.15) is 0 Å². The van der Waals surface area contributed by atoms with Gasteiger partial charge >= 0.3 is 0 Å². The molecule has 0 saturated carbocycles. The molecule has 1 aliphatic heterocycles. The topological polar surface area (TPSA) is 102 Å². The van der Waals surface area contributed by atoms with E-state index in [4.69, 9.17) is 5.73 Å². The van der Waals surface area contributed by atoms with Gasteiger partial charge in [0.05, 0.1) is 17.0 Å². The van der Waals surface area contributed by atoms with E-state index in [1.807, 2.05) is 0 Å². The first-order chi connectivity index (χ1) is 17.3. The number of carbonyl (C=O) groups is 2. The third kappa shape index (κ3) is 5.05. The Labute approximate surface area is 207 Å². The number of benzene rings is 2. The van der Waals surface area contributed by atoms with Crippen molar-refractivity contribution in [2.24, 2.45) is 10.9 Å². The lowest BCUT2D eigenvalue weighted by atomic mass is 9.93. The molecule has 7 nitrogen and oxygen atoms in total. The minimum absolute atomic E-state index is 0.118. The van der Waals surface area contributed by atoms with Crippen LogP contribution in [0.4, 0.5) is 14.6 Å². The molecule has 0 bridgehead atoms. The number of rotatable bonds is 7. The van der Waals surface area contributed by atoms with Crippen molar-refractivity contribution >= 4 is 23.2 Å².